The normalized spacial score (nSPS) is 47.3. The molecule has 2 bridgehead atoms. The number of aliphatic hydroxyl groups is 2. The number of hydrogen-bond donors (Lipinski definition) is 2. The van der Waals surface area contributed by atoms with Crippen molar-refractivity contribution in [2.75, 3.05) is 6.61 Å². The van der Waals surface area contributed by atoms with Crippen molar-refractivity contribution >= 4 is 5.97 Å². The Balaban J connectivity index is 2.08. The summed E-state index contributed by atoms with van der Waals surface area (Å²) in [6.45, 7) is 17.4. The summed E-state index contributed by atoms with van der Waals surface area (Å²) in [6, 6.07) is 0. The Morgan fingerprint density at radius 3 is 2.32 bits per heavy atom. The molecule has 0 spiro atoms. The summed E-state index contributed by atoms with van der Waals surface area (Å²) in [5.74, 6) is -2.95. The monoisotopic (exact) mass is 526 g/mol. The Hall–Kier alpha value is -1.03. The Morgan fingerprint density at radius 1 is 1.05 bits per heavy atom. The van der Waals surface area contributed by atoms with Gasteiger partial charge in [-0.25, -0.2) is 0 Å². The number of aliphatic hydroxyl groups excluding tert-OH is 1. The molecule has 3 heterocycles. The van der Waals surface area contributed by atoms with Gasteiger partial charge in [0.1, 0.15) is 11.7 Å². The van der Waals surface area contributed by atoms with Gasteiger partial charge >= 0.3 is 5.97 Å². The van der Waals surface area contributed by atoms with Crippen molar-refractivity contribution in [2.24, 2.45) is 23.7 Å². The molecule has 1 unspecified atom stereocenters. The average molecular weight is 527 g/mol. The van der Waals surface area contributed by atoms with Crippen LogP contribution in [0.25, 0.3) is 0 Å². The summed E-state index contributed by atoms with van der Waals surface area (Å²) in [5.41, 5.74) is -0.599. The minimum Gasteiger partial charge on any atom is -0.462 e. The highest BCUT2D eigenvalue weighted by molar-refractivity contribution is 5.73. The van der Waals surface area contributed by atoms with Crippen LogP contribution in [0, 0.1) is 23.7 Å². The Labute approximate surface area is 223 Å². The van der Waals surface area contributed by atoms with Crippen molar-refractivity contribution < 1.29 is 38.7 Å². The number of hydrogen-bond acceptors (Lipinski definition) is 8. The van der Waals surface area contributed by atoms with Gasteiger partial charge in [0.15, 0.2) is 12.1 Å². The number of rotatable bonds is 3. The van der Waals surface area contributed by atoms with E-state index in [1.807, 2.05) is 34.6 Å². The molecule has 0 aromatic carbocycles. The van der Waals surface area contributed by atoms with Crippen LogP contribution < -0.4 is 0 Å². The fraction of sp³-hybridized carbons (Fsp3) is 0.897. The molecule has 37 heavy (non-hydrogen) atoms. The number of carbonyl (C=O) groups excluding carboxylic acids is 1. The van der Waals surface area contributed by atoms with Gasteiger partial charge in [0.25, 0.3) is 0 Å². The maximum absolute atomic E-state index is 13.3. The lowest BCUT2D eigenvalue weighted by molar-refractivity contribution is -0.345. The lowest BCUT2D eigenvalue weighted by Crippen LogP contribution is -2.60. The first-order chi connectivity index (χ1) is 17.2. The van der Waals surface area contributed by atoms with E-state index in [-0.39, 0.29) is 30.0 Å². The SMILES string of the molecule is CC[C@H]1OC(=O)[C@H](C)[C@H]2OC(C)(C)O[C@H]([C@H]2C)[C@@](C)(O)/C=C(\C)[C@@H](OC2CCCCO2)[C@H](C)[C@@H](O)[C@H]1C. The zero-order valence-electron chi connectivity index (χ0n) is 24.2. The van der Waals surface area contributed by atoms with E-state index in [0.717, 1.165) is 24.8 Å². The van der Waals surface area contributed by atoms with Gasteiger partial charge in [-0.3, -0.25) is 4.79 Å². The molecule has 2 fully saturated rings. The molecule has 2 saturated heterocycles. The third-order valence-corrected chi connectivity index (χ3v) is 8.48. The van der Waals surface area contributed by atoms with Gasteiger partial charge in [-0.15, -0.1) is 0 Å². The van der Waals surface area contributed by atoms with Gasteiger partial charge in [-0.1, -0.05) is 27.7 Å². The molecule has 3 aliphatic heterocycles. The summed E-state index contributed by atoms with van der Waals surface area (Å²) in [6.07, 6.45) is 1.81. The van der Waals surface area contributed by atoms with Crippen LogP contribution in [0.1, 0.15) is 88.0 Å². The van der Waals surface area contributed by atoms with Crippen LogP contribution in [0.15, 0.2) is 11.6 Å². The van der Waals surface area contributed by atoms with Gasteiger partial charge < -0.3 is 33.9 Å². The number of ether oxygens (including phenoxy) is 5. The zero-order chi connectivity index (χ0) is 27.7. The fourth-order valence-corrected chi connectivity index (χ4v) is 6.34. The third kappa shape index (κ3) is 6.95. The molecule has 0 amide bonds. The molecular formula is C29H50O8. The van der Waals surface area contributed by atoms with Crippen LogP contribution in [0.3, 0.4) is 0 Å². The van der Waals surface area contributed by atoms with Crippen LogP contribution in [0.4, 0.5) is 0 Å². The van der Waals surface area contributed by atoms with Crippen molar-refractivity contribution in [1.82, 2.24) is 0 Å². The Bertz CT molecular complexity index is 802. The molecule has 2 N–H and O–H groups in total. The lowest BCUT2D eigenvalue weighted by atomic mass is 9.77. The van der Waals surface area contributed by atoms with E-state index in [0.29, 0.717) is 13.0 Å². The first kappa shape index (κ1) is 30.5. The minimum absolute atomic E-state index is 0.306. The number of cyclic esters (lactones) is 1. The van der Waals surface area contributed by atoms with E-state index in [2.05, 4.69) is 0 Å². The predicted octanol–water partition coefficient (Wildman–Crippen LogP) is 4.36. The first-order valence-corrected chi connectivity index (χ1v) is 14.1. The topological polar surface area (TPSA) is 104 Å². The highest BCUT2D eigenvalue weighted by atomic mass is 16.7. The molecule has 0 aromatic heterocycles. The highest BCUT2D eigenvalue weighted by Crippen LogP contribution is 2.41. The summed E-state index contributed by atoms with van der Waals surface area (Å²) in [5, 5.41) is 23.3. The molecule has 8 nitrogen and oxygen atoms in total. The smallest absolute Gasteiger partial charge is 0.311 e. The Morgan fingerprint density at radius 2 is 1.73 bits per heavy atom. The van der Waals surface area contributed by atoms with Gasteiger partial charge in [0.2, 0.25) is 0 Å². The maximum Gasteiger partial charge on any atom is 0.311 e. The van der Waals surface area contributed by atoms with Crippen LogP contribution in [0.2, 0.25) is 0 Å². The number of carbonyl (C=O) groups is 1. The summed E-state index contributed by atoms with van der Waals surface area (Å²) < 4.78 is 30.8. The van der Waals surface area contributed by atoms with Gasteiger partial charge in [0.05, 0.1) is 30.3 Å². The molecule has 0 radical (unpaired) electrons. The molecule has 3 aliphatic rings. The van der Waals surface area contributed by atoms with E-state index in [1.54, 1.807) is 33.8 Å². The molecule has 11 atom stereocenters. The largest absolute Gasteiger partial charge is 0.462 e. The van der Waals surface area contributed by atoms with Gasteiger partial charge in [-0.05, 0) is 72.0 Å². The van der Waals surface area contributed by atoms with E-state index < -0.39 is 47.8 Å². The van der Waals surface area contributed by atoms with Crippen molar-refractivity contribution in [3.05, 3.63) is 11.6 Å². The maximum atomic E-state index is 13.3. The van der Waals surface area contributed by atoms with Crippen molar-refractivity contribution in [3.63, 3.8) is 0 Å². The van der Waals surface area contributed by atoms with E-state index in [4.69, 9.17) is 23.7 Å². The minimum atomic E-state index is -1.40. The quantitative estimate of drug-likeness (QED) is 0.413. The van der Waals surface area contributed by atoms with Gasteiger partial charge in [-0.2, -0.15) is 0 Å². The van der Waals surface area contributed by atoms with Crippen molar-refractivity contribution in [1.29, 1.82) is 0 Å². The molecule has 0 saturated carbocycles. The molecular weight excluding hydrogens is 476 g/mol. The fourth-order valence-electron chi connectivity index (χ4n) is 6.34. The number of fused-ring (bicyclic) bond motifs is 2. The molecule has 214 valence electrons. The van der Waals surface area contributed by atoms with Crippen molar-refractivity contribution in [2.45, 2.75) is 136 Å². The molecule has 8 heteroatoms. The summed E-state index contributed by atoms with van der Waals surface area (Å²) in [4.78, 5) is 13.3. The lowest BCUT2D eigenvalue weighted by Gasteiger charge is -2.50. The van der Waals surface area contributed by atoms with Crippen LogP contribution in [-0.2, 0) is 28.5 Å². The van der Waals surface area contributed by atoms with E-state index in [1.165, 1.54) is 0 Å². The third-order valence-electron chi connectivity index (χ3n) is 8.48. The zero-order valence-corrected chi connectivity index (χ0v) is 24.2. The Kier molecular flexibility index (Phi) is 9.90. The second-order valence-corrected chi connectivity index (χ2v) is 12.2. The first-order valence-electron chi connectivity index (χ1n) is 14.1. The summed E-state index contributed by atoms with van der Waals surface area (Å²) in [7, 11) is 0. The molecule has 0 aromatic rings. The second kappa shape index (κ2) is 12.0. The summed E-state index contributed by atoms with van der Waals surface area (Å²) >= 11 is 0. The highest BCUT2D eigenvalue weighted by Gasteiger charge is 2.51. The molecule has 3 rings (SSSR count). The second-order valence-electron chi connectivity index (χ2n) is 12.2. The standard InChI is InChI=1S/C29H50O8/c1-10-21-17(3)23(30)18(4)24(35-22-13-11-12-14-33-22)16(2)15-29(9,32)26-19(5)25(20(6)27(31)34-21)36-28(7,8)37-26/h15,17-26,30,32H,10-14H2,1-9H3/b16-15+/t17-,18+,19-,20+,21+,22?,23-,24+,25-,26+,29-/m0/s1. The van der Waals surface area contributed by atoms with E-state index in [9.17, 15) is 15.0 Å². The number of esters is 1. The van der Waals surface area contributed by atoms with Gasteiger partial charge in [0, 0.05) is 24.4 Å². The molecule has 0 aliphatic carbocycles. The van der Waals surface area contributed by atoms with E-state index >= 15 is 0 Å². The average Bonchev–Trinajstić information content (AvgIpc) is 2.84. The van der Waals surface area contributed by atoms with Crippen LogP contribution in [-0.4, -0.2) is 71.0 Å². The van der Waals surface area contributed by atoms with Crippen molar-refractivity contribution in [3.8, 4) is 0 Å². The predicted molar refractivity (Wildman–Crippen MR) is 140 cm³/mol. The van der Waals surface area contributed by atoms with Crippen LogP contribution >= 0.6 is 0 Å². The van der Waals surface area contributed by atoms with Crippen LogP contribution in [0.5, 0.6) is 0 Å².